The Hall–Kier alpha value is 1.55. The molecule has 0 N–H and O–H groups in total. The van der Waals surface area contributed by atoms with Crippen molar-refractivity contribution in [2.75, 3.05) is 12.4 Å². The summed E-state index contributed by atoms with van der Waals surface area (Å²) in [6.45, 7) is 7.84. The fourth-order valence-corrected chi connectivity index (χ4v) is 2.09. The van der Waals surface area contributed by atoms with Crippen LogP contribution in [0.25, 0.3) is 0 Å². The van der Waals surface area contributed by atoms with Gasteiger partial charge in [-0.2, -0.15) is 8.42 Å². The van der Waals surface area contributed by atoms with E-state index in [9.17, 15) is 8.42 Å². The standard InChI is InChI=1S/C8H18O3S.K.H/c1-7(2)5-11-12(9,10)6-8(3)4;;/h7-8H,5-6H2,1-4H3;;/q;+1;-1. The summed E-state index contributed by atoms with van der Waals surface area (Å²) in [5, 5.41) is 0. The minimum absolute atomic E-state index is 0. The quantitative estimate of drug-likeness (QED) is 0.441. The topological polar surface area (TPSA) is 43.4 Å². The van der Waals surface area contributed by atoms with E-state index in [0.29, 0.717) is 0 Å². The van der Waals surface area contributed by atoms with Crippen LogP contribution in [0.5, 0.6) is 0 Å². The molecule has 0 aromatic rings. The molecule has 0 spiro atoms. The summed E-state index contributed by atoms with van der Waals surface area (Å²) in [5.41, 5.74) is 0. The minimum atomic E-state index is -3.28. The number of rotatable bonds is 5. The first-order valence-electron chi connectivity index (χ1n) is 4.20. The van der Waals surface area contributed by atoms with Crippen LogP contribution in [0.15, 0.2) is 0 Å². The zero-order valence-corrected chi connectivity index (χ0v) is 13.1. The summed E-state index contributed by atoms with van der Waals surface area (Å²) in [5.74, 6) is 0.494. The van der Waals surface area contributed by atoms with E-state index >= 15 is 0 Å². The summed E-state index contributed by atoms with van der Waals surface area (Å²) >= 11 is 0. The summed E-state index contributed by atoms with van der Waals surface area (Å²) in [6.07, 6.45) is 0. The van der Waals surface area contributed by atoms with Crippen LogP contribution in [0, 0.1) is 11.8 Å². The van der Waals surface area contributed by atoms with Gasteiger partial charge in [-0.3, -0.25) is 4.18 Å². The van der Waals surface area contributed by atoms with Crippen LogP contribution in [0.1, 0.15) is 29.1 Å². The third-order valence-electron chi connectivity index (χ3n) is 1.12. The third kappa shape index (κ3) is 11.5. The van der Waals surface area contributed by atoms with E-state index in [1.807, 2.05) is 27.7 Å². The van der Waals surface area contributed by atoms with Crippen LogP contribution in [-0.2, 0) is 14.3 Å². The van der Waals surface area contributed by atoms with Gasteiger partial charge in [0.1, 0.15) is 0 Å². The molecule has 0 saturated heterocycles. The second-order valence-electron chi connectivity index (χ2n) is 3.80. The van der Waals surface area contributed by atoms with Crippen molar-refractivity contribution >= 4 is 10.1 Å². The molecule has 0 aromatic heterocycles. The Bertz CT molecular complexity index is 215. The Morgan fingerprint density at radius 2 is 1.62 bits per heavy atom. The van der Waals surface area contributed by atoms with Gasteiger partial charge in [-0.1, -0.05) is 27.7 Å². The van der Waals surface area contributed by atoms with E-state index in [1.165, 1.54) is 0 Å². The van der Waals surface area contributed by atoms with Crippen molar-refractivity contribution in [1.82, 2.24) is 0 Å². The van der Waals surface area contributed by atoms with Gasteiger partial charge in [-0.25, -0.2) is 0 Å². The normalized spacial score (nSPS) is 11.8. The molecule has 0 radical (unpaired) electrons. The predicted octanol–water partition coefficient (Wildman–Crippen LogP) is -1.24. The molecule has 0 bridgehead atoms. The van der Waals surface area contributed by atoms with Crippen molar-refractivity contribution in [3.8, 4) is 0 Å². The molecular formula is C8H19KO3S. The van der Waals surface area contributed by atoms with Gasteiger partial charge in [-0.15, -0.1) is 0 Å². The molecular weight excluding hydrogens is 215 g/mol. The van der Waals surface area contributed by atoms with E-state index in [1.54, 1.807) is 0 Å². The van der Waals surface area contributed by atoms with Gasteiger partial charge in [-0.05, 0) is 11.8 Å². The van der Waals surface area contributed by atoms with Crippen LogP contribution >= 0.6 is 0 Å². The molecule has 0 aliphatic rings. The Morgan fingerprint density at radius 1 is 1.15 bits per heavy atom. The molecule has 0 saturated carbocycles. The van der Waals surface area contributed by atoms with E-state index < -0.39 is 10.1 Å². The molecule has 0 atom stereocenters. The first-order valence-corrected chi connectivity index (χ1v) is 5.78. The van der Waals surface area contributed by atoms with Crippen molar-refractivity contribution in [3.05, 3.63) is 0 Å². The van der Waals surface area contributed by atoms with Crippen molar-refractivity contribution < 1.29 is 65.4 Å². The molecule has 0 aliphatic carbocycles. The molecule has 0 amide bonds. The molecule has 0 fully saturated rings. The Labute approximate surface area is 126 Å². The van der Waals surface area contributed by atoms with E-state index in [4.69, 9.17) is 4.18 Å². The van der Waals surface area contributed by atoms with Gasteiger partial charge in [0, 0.05) is 0 Å². The predicted molar refractivity (Wildman–Crippen MR) is 50.5 cm³/mol. The minimum Gasteiger partial charge on any atom is -1.00 e. The monoisotopic (exact) mass is 234 g/mol. The molecule has 76 valence electrons. The van der Waals surface area contributed by atoms with Gasteiger partial charge in [0.05, 0.1) is 12.4 Å². The average Bonchev–Trinajstić information content (AvgIpc) is 1.81. The SMILES string of the molecule is CC(C)COS(=O)(=O)CC(C)C.[H-].[K+]. The van der Waals surface area contributed by atoms with Crippen LogP contribution in [0.2, 0.25) is 0 Å². The maximum atomic E-state index is 11.1. The second-order valence-corrected chi connectivity index (χ2v) is 5.48. The molecule has 0 heterocycles. The Kier molecular flexibility index (Phi) is 10.2. The molecule has 0 aliphatic heterocycles. The van der Waals surface area contributed by atoms with Crippen LogP contribution in [-0.4, -0.2) is 20.8 Å². The van der Waals surface area contributed by atoms with Crippen molar-refractivity contribution in [1.29, 1.82) is 0 Å². The molecule has 0 aromatic carbocycles. The zero-order chi connectivity index (χ0) is 9.78. The zero-order valence-electron chi connectivity index (χ0n) is 10.2. The summed E-state index contributed by atoms with van der Waals surface area (Å²) < 4.78 is 27.0. The average molecular weight is 234 g/mol. The first-order chi connectivity index (χ1) is 5.33. The largest absolute Gasteiger partial charge is 1.00 e. The number of hydrogen-bond acceptors (Lipinski definition) is 3. The summed E-state index contributed by atoms with van der Waals surface area (Å²) in [6, 6.07) is 0. The molecule has 5 heteroatoms. The first kappa shape index (κ1) is 17.0. The molecule has 0 rings (SSSR count). The second kappa shape index (κ2) is 7.79. The van der Waals surface area contributed by atoms with Crippen molar-refractivity contribution in [2.24, 2.45) is 11.8 Å². The van der Waals surface area contributed by atoms with Gasteiger partial charge >= 0.3 is 51.4 Å². The molecule has 13 heavy (non-hydrogen) atoms. The summed E-state index contributed by atoms with van der Waals surface area (Å²) in [4.78, 5) is 0. The molecule has 0 unspecified atom stereocenters. The maximum absolute atomic E-state index is 11.1. The fourth-order valence-electron chi connectivity index (χ4n) is 0.696. The smallest absolute Gasteiger partial charge is 1.00 e. The van der Waals surface area contributed by atoms with Crippen molar-refractivity contribution in [3.63, 3.8) is 0 Å². The Balaban J connectivity index is -0.000000605. The van der Waals surface area contributed by atoms with Crippen molar-refractivity contribution in [2.45, 2.75) is 27.7 Å². The van der Waals surface area contributed by atoms with Gasteiger partial charge in [0.15, 0.2) is 0 Å². The van der Waals surface area contributed by atoms with E-state index in [2.05, 4.69) is 0 Å². The molecule has 3 nitrogen and oxygen atoms in total. The number of hydrogen-bond donors (Lipinski definition) is 0. The Morgan fingerprint density at radius 3 is 1.92 bits per heavy atom. The summed E-state index contributed by atoms with van der Waals surface area (Å²) in [7, 11) is -3.28. The third-order valence-corrected chi connectivity index (χ3v) is 2.69. The van der Waals surface area contributed by atoms with Gasteiger partial charge in [0.2, 0.25) is 0 Å². The van der Waals surface area contributed by atoms with E-state index in [0.717, 1.165) is 0 Å². The van der Waals surface area contributed by atoms with Crippen LogP contribution in [0.4, 0.5) is 0 Å². The maximum Gasteiger partial charge on any atom is 1.00 e. The van der Waals surface area contributed by atoms with Gasteiger partial charge in [0.25, 0.3) is 10.1 Å². The van der Waals surface area contributed by atoms with Crippen LogP contribution < -0.4 is 51.4 Å². The van der Waals surface area contributed by atoms with Gasteiger partial charge < -0.3 is 1.43 Å². The fraction of sp³-hybridized carbons (Fsp3) is 1.00. The van der Waals surface area contributed by atoms with Crippen LogP contribution in [0.3, 0.4) is 0 Å². The van der Waals surface area contributed by atoms with E-state index in [-0.39, 0.29) is 77.0 Å².